The molecule has 0 fully saturated rings. The van der Waals surface area contributed by atoms with Gasteiger partial charge in [-0.2, -0.15) is 5.57 Å². The SMILES string of the molecule is [CH-]=CC1=CN2C(=O)c3cc(OC)c(OCCC(C)(C)CCCCOc4cc5c(cc4OC)C(=O)N4C=C(C=C)CC4CN5)cc3N(C)[CH-]C2C1.[Rb+].[Ru+]. The second-order valence-corrected chi connectivity index (χ2v) is 14.1. The van der Waals surface area contributed by atoms with E-state index in [1.54, 1.807) is 42.2 Å². The molecule has 10 nitrogen and oxygen atoms in total. The molecule has 2 unspecified atom stereocenters. The zero-order valence-corrected chi connectivity index (χ0v) is 37.8. The number of nitrogens with zero attached hydrogens (tertiary/aromatic N) is 3. The molecule has 4 aliphatic rings. The number of benzene rings is 2. The largest absolute Gasteiger partial charge is 1.00 e. The number of carbonyl (C=O) groups excluding carboxylic acids is 2. The Morgan fingerprint density at radius 2 is 1.56 bits per heavy atom. The van der Waals surface area contributed by atoms with Crippen molar-refractivity contribution in [2.24, 2.45) is 5.41 Å². The summed E-state index contributed by atoms with van der Waals surface area (Å²) < 4.78 is 23.8. The molecule has 1 radical (unpaired) electrons. The third-order valence-corrected chi connectivity index (χ3v) is 10.1. The van der Waals surface area contributed by atoms with Gasteiger partial charge in [0.1, 0.15) is 0 Å². The number of ether oxygens (including phenoxy) is 4. The Labute approximate surface area is 370 Å². The van der Waals surface area contributed by atoms with Gasteiger partial charge in [-0.05, 0) is 62.3 Å². The van der Waals surface area contributed by atoms with Gasteiger partial charge in [0, 0.05) is 30.6 Å². The molecule has 273 valence electrons. The number of anilines is 2. The van der Waals surface area contributed by atoms with E-state index in [2.05, 4.69) is 25.7 Å². The molecule has 0 saturated carbocycles. The summed E-state index contributed by atoms with van der Waals surface area (Å²) in [6.45, 7) is 17.8. The topological polar surface area (TPSA) is 92.8 Å². The number of fused-ring (bicyclic) bond motifs is 4. The molecule has 4 heterocycles. The first-order valence-corrected chi connectivity index (χ1v) is 17.3. The number of methoxy groups -OCH3 is 2. The van der Waals surface area contributed by atoms with Crippen LogP contribution in [0.4, 0.5) is 11.4 Å². The number of amides is 2. The van der Waals surface area contributed by atoms with E-state index in [1.807, 2.05) is 49.1 Å². The first kappa shape index (κ1) is 42.3. The predicted molar refractivity (Wildman–Crippen MR) is 195 cm³/mol. The summed E-state index contributed by atoms with van der Waals surface area (Å²) in [5, 5.41) is 3.44. The van der Waals surface area contributed by atoms with Gasteiger partial charge in [0.25, 0.3) is 11.8 Å². The molecule has 0 aliphatic carbocycles. The Morgan fingerprint density at radius 3 is 2.25 bits per heavy atom. The number of allylic oxidation sites excluding steroid dienone is 2. The summed E-state index contributed by atoms with van der Waals surface area (Å²) in [4.78, 5) is 32.4. The molecule has 52 heavy (non-hydrogen) atoms. The number of likely N-dealkylation sites (N-methyl/N-ethyl adjacent to an activating group) is 1. The Kier molecular flexibility index (Phi) is 14.9. The minimum absolute atomic E-state index is 0. The van der Waals surface area contributed by atoms with Gasteiger partial charge in [-0.3, -0.25) is 16.2 Å². The zero-order valence-electron chi connectivity index (χ0n) is 31.1. The van der Waals surface area contributed by atoms with Crippen molar-refractivity contribution >= 4 is 23.2 Å². The molecular weight excluding hydrogens is 819 g/mol. The monoisotopic (exact) mass is 867 g/mol. The molecule has 12 heteroatoms. The number of hydrogen-bond donors (Lipinski definition) is 1. The van der Waals surface area contributed by atoms with Crippen molar-refractivity contribution in [2.45, 2.75) is 64.5 Å². The Morgan fingerprint density at radius 1 is 0.904 bits per heavy atom. The standard InChI is InChI=1S/C40H48N4O6.Rb.Ru/c1-8-26-16-28-22-41-32-20-36(34(47-6)18-30(32)38(45)43(28)23-26)49-14-11-10-12-40(3,4)13-15-50-37-21-33-31(19-35(37)48-7)39(46)44-24-27(9-2)17-29(44)25-42(33)5;;/h2,8-9,18-21,23-25,28-29,41H,1,10-17,22H2,3-7H3;;/q-2;2*+1. The van der Waals surface area contributed by atoms with Gasteiger partial charge in [-0.25, -0.2) is 12.6 Å². The van der Waals surface area contributed by atoms with Gasteiger partial charge in [-0.1, -0.05) is 45.2 Å². The van der Waals surface area contributed by atoms with Crippen LogP contribution in [-0.2, 0) is 19.5 Å². The first-order valence-electron chi connectivity index (χ1n) is 17.3. The minimum Gasteiger partial charge on any atom is -0.522 e. The van der Waals surface area contributed by atoms with Crippen molar-refractivity contribution in [3.05, 3.63) is 90.8 Å². The molecule has 6 rings (SSSR count). The third-order valence-electron chi connectivity index (χ3n) is 10.1. The van der Waals surface area contributed by atoms with Crippen molar-refractivity contribution in [2.75, 3.05) is 51.2 Å². The summed E-state index contributed by atoms with van der Waals surface area (Å²) in [6, 6.07) is 7.29. The van der Waals surface area contributed by atoms with Gasteiger partial charge in [0.2, 0.25) is 0 Å². The molecule has 2 amide bonds. The number of unbranched alkanes of at least 4 members (excludes halogenated alkanes) is 1. The van der Waals surface area contributed by atoms with Crippen LogP contribution >= 0.6 is 0 Å². The average Bonchev–Trinajstić information content (AvgIpc) is 3.68. The fourth-order valence-corrected chi connectivity index (χ4v) is 7.08. The minimum atomic E-state index is -0.0924. The van der Waals surface area contributed by atoms with Crippen molar-refractivity contribution < 1.29 is 106 Å². The maximum absolute atomic E-state index is 13.5. The Balaban J connectivity index is 0.00000302. The number of carbonyl (C=O) groups is 2. The van der Waals surface area contributed by atoms with E-state index in [0.29, 0.717) is 60.3 Å². The molecule has 0 aromatic heterocycles. The van der Waals surface area contributed by atoms with Crippen LogP contribution in [0.2, 0.25) is 0 Å². The molecule has 0 spiro atoms. The smallest absolute Gasteiger partial charge is 0.522 e. The molecule has 2 atom stereocenters. The van der Waals surface area contributed by atoms with Crippen molar-refractivity contribution in [3.63, 3.8) is 0 Å². The molecule has 2 aromatic rings. The Hall–Kier alpha value is -2.43. The van der Waals surface area contributed by atoms with E-state index in [4.69, 9.17) is 25.5 Å². The van der Waals surface area contributed by atoms with Crippen LogP contribution in [0.25, 0.3) is 0 Å². The summed E-state index contributed by atoms with van der Waals surface area (Å²) in [6.07, 6.45) is 12.2. The van der Waals surface area contributed by atoms with Crippen LogP contribution in [0.15, 0.2) is 66.5 Å². The third kappa shape index (κ3) is 9.08. The number of rotatable bonds is 14. The second kappa shape index (κ2) is 18.3. The molecule has 0 bridgehead atoms. The van der Waals surface area contributed by atoms with Gasteiger partial charge in [-0.15, -0.1) is 0 Å². The summed E-state index contributed by atoms with van der Waals surface area (Å²) in [5.74, 6) is 2.16. The molecule has 4 aliphatic heterocycles. The summed E-state index contributed by atoms with van der Waals surface area (Å²) >= 11 is 0. The van der Waals surface area contributed by atoms with Gasteiger partial charge < -0.3 is 39.0 Å². The maximum Gasteiger partial charge on any atom is 1.00 e. The number of hydrogen-bond acceptors (Lipinski definition) is 8. The molecule has 1 N–H and O–H groups in total. The second-order valence-electron chi connectivity index (χ2n) is 14.1. The van der Waals surface area contributed by atoms with E-state index >= 15 is 0 Å². The van der Waals surface area contributed by atoms with Crippen LogP contribution in [0.5, 0.6) is 23.0 Å². The maximum atomic E-state index is 13.5. The fraction of sp³-hybridized carbons (Fsp3) is 0.425. The molecule has 0 saturated heterocycles. The van der Waals surface area contributed by atoms with E-state index < -0.39 is 0 Å². The van der Waals surface area contributed by atoms with Crippen LogP contribution in [0, 0.1) is 18.5 Å². The normalized spacial score (nSPS) is 18.8. The van der Waals surface area contributed by atoms with Crippen LogP contribution < -0.4 is 87.4 Å². The average molecular weight is 867 g/mol. The molecule has 2 aromatic carbocycles. The zero-order chi connectivity index (χ0) is 35.6. The summed E-state index contributed by atoms with van der Waals surface area (Å²) in [5.41, 5.74) is 4.69. The predicted octanol–water partition coefficient (Wildman–Crippen LogP) is 4.16. The van der Waals surface area contributed by atoms with Crippen LogP contribution in [0.3, 0.4) is 0 Å². The van der Waals surface area contributed by atoms with Crippen LogP contribution in [0.1, 0.15) is 73.1 Å². The van der Waals surface area contributed by atoms with Gasteiger partial charge in [0.15, 0.2) is 23.0 Å². The molecular formula is C40H48N4O6RbRu. The summed E-state index contributed by atoms with van der Waals surface area (Å²) in [7, 11) is 5.13. The van der Waals surface area contributed by atoms with Crippen LogP contribution in [-0.4, -0.2) is 74.7 Å². The number of nitrogens with one attached hydrogen (secondary N) is 1. The Bertz CT molecular complexity index is 1740. The van der Waals surface area contributed by atoms with Crippen molar-refractivity contribution in [1.82, 2.24) is 9.80 Å². The van der Waals surface area contributed by atoms with Gasteiger partial charge in [0.05, 0.1) is 50.3 Å². The van der Waals surface area contributed by atoms with E-state index in [9.17, 15) is 9.59 Å². The first-order chi connectivity index (χ1) is 24.0. The van der Waals surface area contributed by atoms with Gasteiger partial charge >= 0.3 is 77.7 Å². The van der Waals surface area contributed by atoms with E-state index in [-0.39, 0.29) is 107 Å². The van der Waals surface area contributed by atoms with E-state index in [1.165, 1.54) is 0 Å². The quantitative estimate of drug-likeness (QED) is 0.172. The van der Waals surface area contributed by atoms with Crippen molar-refractivity contribution in [1.29, 1.82) is 0 Å². The fourth-order valence-electron chi connectivity index (χ4n) is 7.08. The van der Waals surface area contributed by atoms with Crippen molar-refractivity contribution in [3.8, 4) is 23.0 Å². The van der Waals surface area contributed by atoms with E-state index in [0.717, 1.165) is 54.6 Å².